The maximum atomic E-state index is 5.48. The molecule has 2 aromatic carbocycles. The Kier molecular flexibility index (Phi) is 9.77. The third-order valence-electron chi connectivity index (χ3n) is 4.06. The lowest BCUT2D eigenvalue weighted by molar-refractivity contribution is 0.382. The smallest absolute Gasteiger partial charge is 0.193 e. The molecule has 27 heavy (non-hydrogen) atoms. The first-order chi connectivity index (χ1) is 12.6. The normalized spacial score (nSPS) is 10.6. The number of rotatable bonds is 7. The Bertz CT molecular complexity index is 753. The Morgan fingerprint density at radius 2 is 1.70 bits per heavy atom. The molecule has 0 amide bonds. The van der Waals surface area contributed by atoms with Crippen LogP contribution in [0.1, 0.15) is 11.1 Å². The quantitative estimate of drug-likeness (QED) is 0.370. The Morgan fingerprint density at radius 1 is 1.00 bits per heavy atom. The van der Waals surface area contributed by atoms with Crippen molar-refractivity contribution in [1.82, 2.24) is 10.2 Å². The molecule has 2 rings (SSSR count). The van der Waals surface area contributed by atoms with Crippen LogP contribution in [0.3, 0.4) is 0 Å². The lowest BCUT2D eigenvalue weighted by atomic mass is 10.2. The fourth-order valence-electron chi connectivity index (χ4n) is 2.66. The van der Waals surface area contributed by atoms with Gasteiger partial charge in [-0.2, -0.15) is 0 Å². The molecule has 0 aliphatic rings. The van der Waals surface area contributed by atoms with Gasteiger partial charge in [-0.1, -0.05) is 12.1 Å². The molecule has 0 aliphatic heterocycles. The van der Waals surface area contributed by atoms with Gasteiger partial charge in [0, 0.05) is 38.8 Å². The maximum Gasteiger partial charge on any atom is 0.193 e. The van der Waals surface area contributed by atoms with Crippen LogP contribution in [0.25, 0.3) is 0 Å². The van der Waals surface area contributed by atoms with Crippen LogP contribution in [0.4, 0.5) is 0 Å². The molecule has 1 N–H and O–H groups in total. The number of benzene rings is 2. The maximum absolute atomic E-state index is 5.48. The molecule has 0 heterocycles. The Balaban J connectivity index is 0.00000364. The summed E-state index contributed by atoms with van der Waals surface area (Å²) in [6.07, 6.45) is 0. The van der Waals surface area contributed by atoms with Gasteiger partial charge in [0.05, 0.1) is 21.3 Å². The SMILES string of the molecule is CN=C(NCc1cccc(OC)c1)N(C)Cc1ccc(OC)cc1OC.I. The summed E-state index contributed by atoms with van der Waals surface area (Å²) < 4.78 is 16.0. The number of hydrogen-bond acceptors (Lipinski definition) is 4. The number of nitrogens with one attached hydrogen (secondary N) is 1. The molecule has 6 nitrogen and oxygen atoms in total. The van der Waals surface area contributed by atoms with E-state index >= 15 is 0 Å². The van der Waals surface area contributed by atoms with Crippen molar-refractivity contribution < 1.29 is 14.2 Å². The minimum absolute atomic E-state index is 0. The largest absolute Gasteiger partial charge is 0.497 e. The molecule has 0 fully saturated rings. The lowest BCUT2D eigenvalue weighted by Crippen LogP contribution is -2.38. The van der Waals surface area contributed by atoms with Gasteiger partial charge in [0.25, 0.3) is 0 Å². The predicted molar refractivity (Wildman–Crippen MR) is 120 cm³/mol. The van der Waals surface area contributed by atoms with Crippen molar-refractivity contribution in [2.75, 3.05) is 35.4 Å². The van der Waals surface area contributed by atoms with Crippen LogP contribution in [0.2, 0.25) is 0 Å². The van der Waals surface area contributed by atoms with E-state index in [1.165, 1.54) is 0 Å². The van der Waals surface area contributed by atoms with Crippen molar-refractivity contribution in [1.29, 1.82) is 0 Å². The third-order valence-corrected chi connectivity index (χ3v) is 4.06. The summed E-state index contributed by atoms with van der Waals surface area (Å²) in [7, 11) is 8.74. The van der Waals surface area contributed by atoms with E-state index in [2.05, 4.69) is 16.4 Å². The molecule has 2 aromatic rings. The van der Waals surface area contributed by atoms with Gasteiger partial charge in [0.15, 0.2) is 5.96 Å². The highest BCUT2D eigenvalue weighted by molar-refractivity contribution is 14.0. The average Bonchev–Trinajstić information content (AvgIpc) is 2.68. The topological polar surface area (TPSA) is 55.3 Å². The zero-order chi connectivity index (χ0) is 18.9. The van der Waals surface area contributed by atoms with Gasteiger partial charge in [-0.15, -0.1) is 24.0 Å². The Morgan fingerprint density at radius 3 is 2.33 bits per heavy atom. The summed E-state index contributed by atoms with van der Waals surface area (Å²) in [6.45, 7) is 1.32. The number of guanidine groups is 1. The average molecular weight is 485 g/mol. The summed E-state index contributed by atoms with van der Waals surface area (Å²) >= 11 is 0. The van der Waals surface area contributed by atoms with Gasteiger partial charge in [-0.3, -0.25) is 4.99 Å². The van der Waals surface area contributed by atoms with E-state index in [-0.39, 0.29) is 24.0 Å². The molecule has 0 radical (unpaired) electrons. The number of aliphatic imine (C=N–C) groups is 1. The van der Waals surface area contributed by atoms with Gasteiger partial charge >= 0.3 is 0 Å². The second-order valence-corrected chi connectivity index (χ2v) is 5.79. The van der Waals surface area contributed by atoms with Crippen molar-refractivity contribution in [2.45, 2.75) is 13.1 Å². The standard InChI is InChI=1S/C20H27N3O3.HI/c1-21-20(22-13-15-7-6-8-17(11-15)24-3)23(2)14-16-9-10-18(25-4)12-19(16)26-5;/h6-12H,13-14H2,1-5H3,(H,21,22);1H. The summed E-state index contributed by atoms with van der Waals surface area (Å²) in [5, 5.41) is 3.37. The van der Waals surface area contributed by atoms with Gasteiger partial charge in [0.2, 0.25) is 0 Å². The molecule has 0 saturated carbocycles. The fourth-order valence-corrected chi connectivity index (χ4v) is 2.66. The molecule has 0 aromatic heterocycles. The summed E-state index contributed by atoms with van der Waals surface area (Å²) in [6, 6.07) is 13.8. The van der Waals surface area contributed by atoms with E-state index in [4.69, 9.17) is 14.2 Å². The van der Waals surface area contributed by atoms with Crippen LogP contribution >= 0.6 is 24.0 Å². The molecule has 0 saturated heterocycles. The number of methoxy groups -OCH3 is 3. The fraction of sp³-hybridized carbons (Fsp3) is 0.350. The minimum atomic E-state index is 0. The van der Waals surface area contributed by atoms with Crippen LogP contribution in [-0.2, 0) is 13.1 Å². The van der Waals surface area contributed by atoms with E-state index in [1.807, 2.05) is 48.3 Å². The number of nitrogens with zero attached hydrogens (tertiary/aromatic N) is 2. The highest BCUT2D eigenvalue weighted by atomic mass is 127. The van der Waals surface area contributed by atoms with Gasteiger partial charge in [-0.25, -0.2) is 0 Å². The molecule has 148 valence electrons. The highest BCUT2D eigenvalue weighted by Crippen LogP contribution is 2.25. The second kappa shape index (κ2) is 11.5. The van der Waals surface area contributed by atoms with Crippen LogP contribution in [0.15, 0.2) is 47.5 Å². The van der Waals surface area contributed by atoms with Crippen LogP contribution < -0.4 is 19.5 Å². The summed E-state index contributed by atoms with van der Waals surface area (Å²) in [5.41, 5.74) is 2.18. The minimum Gasteiger partial charge on any atom is -0.497 e. The highest BCUT2D eigenvalue weighted by Gasteiger charge is 2.11. The van der Waals surface area contributed by atoms with Gasteiger partial charge in [0.1, 0.15) is 17.2 Å². The molecular weight excluding hydrogens is 457 g/mol. The lowest BCUT2D eigenvalue weighted by Gasteiger charge is -2.23. The number of hydrogen-bond donors (Lipinski definition) is 1. The molecule has 0 atom stereocenters. The first-order valence-corrected chi connectivity index (χ1v) is 8.37. The van der Waals surface area contributed by atoms with Crippen LogP contribution in [0, 0.1) is 0 Å². The zero-order valence-electron chi connectivity index (χ0n) is 16.5. The van der Waals surface area contributed by atoms with Gasteiger partial charge in [-0.05, 0) is 29.8 Å². The van der Waals surface area contributed by atoms with Crippen LogP contribution in [-0.4, -0.2) is 46.3 Å². The second-order valence-electron chi connectivity index (χ2n) is 5.79. The molecule has 0 unspecified atom stereocenters. The van der Waals surface area contributed by atoms with Crippen molar-refractivity contribution >= 4 is 29.9 Å². The van der Waals surface area contributed by atoms with Crippen molar-refractivity contribution in [3.63, 3.8) is 0 Å². The molecular formula is C20H28IN3O3. The molecule has 0 aliphatic carbocycles. The zero-order valence-corrected chi connectivity index (χ0v) is 18.8. The molecule has 0 bridgehead atoms. The summed E-state index contributed by atoms with van der Waals surface area (Å²) in [5.74, 6) is 3.20. The van der Waals surface area contributed by atoms with Crippen molar-refractivity contribution in [3.8, 4) is 17.2 Å². The number of ether oxygens (including phenoxy) is 3. The Labute approximate surface area is 178 Å². The molecule has 7 heteroatoms. The molecule has 0 spiro atoms. The van der Waals surface area contributed by atoms with E-state index in [1.54, 1.807) is 28.4 Å². The Hall–Kier alpha value is -2.16. The first kappa shape index (κ1) is 22.9. The van der Waals surface area contributed by atoms with Crippen molar-refractivity contribution in [3.05, 3.63) is 53.6 Å². The third kappa shape index (κ3) is 6.50. The van der Waals surface area contributed by atoms with Gasteiger partial charge < -0.3 is 24.4 Å². The van der Waals surface area contributed by atoms with E-state index in [0.717, 1.165) is 34.3 Å². The van der Waals surface area contributed by atoms with Crippen LogP contribution in [0.5, 0.6) is 17.2 Å². The monoisotopic (exact) mass is 485 g/mol. The van der Waals surface area contributed by atoms with E-state index < -0.39 is 0 Å². The van der Waals surface area contributed by atoms with Crippen molar-refractivity contribution in [2.24, 2.45) is 4.99 Å². The number of halogens is 1. The van der Waals surface area contributed by atoms with E-state index in [9.17, 15) is 0 Å². The predicted octanol–water partition coefficient (Wildman–Crippen LogP) is 3.54. The first-order valence-electron chi connectivity index (χ1n) is 8.37. The summed E-state index contributed by atoms with van der Waals surface area (Å²) in [4.78, 5) is 6.41. The van der Waals surface area contributed by atoms with E-state index in [0.29, 0.717) is 13.1 Å².